The van der Waals surface area contributed by atoms with Crippen LogP contribution in [0.1, 0.15) is 26.3 Å². The summed E-state index contributed by atoms with van der Waals surface area (Å²) in [6.45, 7) is 5.76. The monoisotopic (exact) mass is 352 g/mol. The molecule has 0 spiro atoms. The lowest BCUT2D eigenvalue weighted by Crippen LogP contribution is -2.48. The Morgan fingerprint density at radius 2 is 1.73 bits per heavy atom. The maximum absolute atomic E-state index is 12.8. The first-order valence-electron chi connectivity index (χ1n) is 8.76. The highest BCUT2D eigenvalue weighted by Gasteiger charge is 2.31. The van der Waals surface area contributed by atoms with Gasteiger partial charge in [0.15, 0.2) is 5.78 Å². The molecule has 3 rings (SSSR count). The molecule has 2 aromatic rings. The Bertz CT molecular complexity index is 796. The van der Waals surface area contributed by atoms with Crippen molar-refractivity contribution in [1.29, 1.82) is 0 Å². The lowest BCUT2D eigenvalue weighted by molar-refractivity contribution is -0.120. The van der Waals surface area contributed by atoms with Crippen LogP contribution in [0.15, 0.2) is 54.6 Å². The van der Waals surface area contributed by atoms with Crippen LogP contribution in [-0.2, 0) is 16.0 Å². The van der Waals surface area contributed by atoms with Gasteiger partial charge in [-0.25, -0.2) is 4.79 Å². The van der Waals surface area contributed by atoms with E-state index in [0.29, 0.717) is 6.54 Å². The van der Waals surface area contributed by atoms with Gasteiger partial charge >= 0.3 is 6.09 Å². The molecule has 136 valence electrons. The van der Waals surface area contributed by atoms with Gasteiger partial charge in [0.25, 0.3) is 0 Å². The smallest absolute Gasteiger partial charge is 0.408 e. The Hall–Kier alpha value is -2.82. The van der Waals surface area contributed by atoms with Crippen LogP contribution in [-0.4, -0.2) is 30.1 Å². The van der Waals surface area contributed by atoms with E-state index in [2.05, 4.69) is 10.2 Å². The van der Waals surface area contributed by atoms with Crippen LogP contribution in [0.5, 0.6) is 0 Å². The molecule has 0 fully saturated rings. The number of anilines is 2. The van der Waals surface area contributed by atoms with E-state index in [1.54, 1.807) is 20.8 Å². The van der Waals surface area contributed by atoms with Gasteiger partial charge in [-0.2, -0.15) is 0 Å². The fourth-order valence-corrected chi connectivity index (χ4v) is 3.05. The number of hydrogen-bond acceptors (Lipinski definition) is 4. The third-order valence-corrected chi connectivity index (χ3v) is 4.16. The van der Waals surface area contributed by atoms with Gasteiger partial charge in [0.1, 0.15) is 11.6 Å². The number of carbonyl (C=O) groups is 2. The summed E-state index contributed by atoms with van der Waals surface area (Å²) < 4.78 is 5.33. The largest absolute Gasteiger partial charge is 0.444 e. The molecule has 0 unspecified atom stereocenters. The second-order valence-electron chi connectivity index (χ2n) is 7.42. The Morgan fingerprint density at radius 3 is 2.42 bits per heavy atom. The van der Waals surface area contributed by atoms with Gasteiger partial charge in [0.2, 0.25) is 0 Å². The summed E-state index contributed by atoms with van der Waals surface area (Å²) in [5.41, 5.74) is 2.31. The first-order chi connectivity index (χ1) is 12.3. The highest BCUT2D eigenvalue weighted by atomic mass is 16.6. The number of ether oxygens (including phenoxy) is 1. The van der Waals surface area contributed by atoms with Crippen LogP contribution in [0.2, 0.25) is 0 Å². The van der Waals surface area contributed by atoms with Crippen molar-refractivity contribution in [3.05, 3.63) is 60.2 Å². The molecule has 1 heterocycles. The number of para-hydroxylation sites is 2. The molecule has 0 saturated heterocycles. The minimum Gasteiger partial charge on any atom is -0.444 e. The van der Waals surface area contributed by atoms with Gasteiger partial charge in [-0.1, -0.05) is 36.4 Å². The Labute approximate surface area is 154 Å². The second kappa shape index (κ2) is 7.20. The third kappa shape index (κ3) is 4.23. The maximum Gasteiger partial charge on any atom is 0.408 e. The Balaban J connectivity index is 1.90. The van der Waals surface area contributed by atoms with Gasteiger partial charge in [-0.15, -0.1) is 0 Å². The molecule has 26 heavy (non-hydrogen) atoms. The molecule has 1 aliphatic heterocycles. The molecule has 0 bridgehead atoms. The lowest BCUT2D eigenvalue weighted by atomic mass is 10.0. The van der Waals surface area contributed by atoms with Crippen LogP contribution in [0.4, 0.5) is 16.2 Å². The van der Waals surface area contributed by atoms with Gasteiger partial charge in [0.05, 0.1) is 6.54 Å². The van der Waals surface area contributed by atoms with Gasteiger partial charge in [-0.05, 0) is 44.5 Å². The van der Waals surface area contributed by atoms with Gasteiger partial charge in [0, 0.05) is 17.8 Å². The number of Topliss-reactive ketones (excluding diaryl/α,β-unsaturated/α-hetero) is 1. The number of nitrogens with one attached hydrogen (secondary N) is 1. The molecular weight excluding hydrogens is 328 g/mol. The molecule has 1 N–H and O–H groups in total. The molecule has 0 radical (unpaired) electrons. The number of alkyl carbamates (subject to hydrolysis) is 1. The zero-order valence-corrected chi connectivity index (χ0v) is 15.4. The zero-order chi connectivity index (χ0) is 18.7. The molecule has 5 heteroatoms. The quantitative estimate of drug-likeness (QED) is 0.892. The SMILES string of the molecule is CC(C)(C)OC(=O)N[C@H]1CN(c2ccccc2)c2ccccc2CC1=O. The molecule has 1 atom stereocenters. The Morgan fingerprint density at radius 1 is 1.08 bits per heavy atom. The summed E-state index contributed by atoms with van der Waals surface area (Å²) >= 11 is 0. The highest BCUT2D eigenvalue weighted by Crippen LogP contribution is 2.31. The number of carbonyl (C=O) groups excluding carboxylic acids is 2. The topological polar surface area (TPSA) is 58.6 Å². The van der Waals surface area contributed by atoms with Crippen molar-refractivity contribution in [1.82, 2.24) is 5.32 Å². The average molecular weight is 352 g/mol. The van der Waals surface area contributed by atoms with Crippen molar-refractivity contribution in [3.63, 3.8) is 0 Å². The number of fused-ring (bicyclic) bond motifs is 1. The number of ketones is 1. The molecule has 5 nitrogen and oxygen atoms in total. The second-order valence-corrected chi connectivity index (χ2v) is 7.42. The van der Waals surface area contributed by atoms with Crippen molar-refractivity contribution in [2.24, 2.45) is 0 Å². The minimum atomic E-state index is -0.641. The molecule has 1 amide bonds. The van der Waals surface area contributed by atoms with Crippen LogP contribution in [0.3, 0.4) is 0 Å². The van der Waals surface area contributed by atoms with E-state index in [1.165, 1.54) is 0 Å². The highest BCUT2D eigenvalue weighted by molar-refractivity contribution is 5.93. The number of nitrogens with zero attached hydrogens (tertiary/aromatic N) is 1. The van der Waals surface area contributed by atoms with E-state index >= 15 is 0 Å². The van der Waals surface area contributed by atoms with Crippen molar-refractivity contribution in [3.8, 4) is 0 Å². The van der Waals surface area contributed by atoms with Crippen molar-refractivity contribution >= 4 is 23.3 Å². The standard InChI is InChI=1S/C21H24N2O3/c1-21(2,3)26-20(25)22-17-14-23(16-10-5-4-6-11-16)18-12-8-7-9-15(18)13-19(17)24/h4-12,17H,13-14H2,1-3H3,(H,22,25)/t17-/m0/s1. The van der Waals surface area contributed by atoms with E-state index in [9.17, 15) is 9.59 Å². The molecule has 0 aliphatic carbocycles. The summed E-state index contributed by atoms with van der Waals surface area (Å²) in [6, 6.07) is 17.1. The third-order valence-electron chi connectivity index (χ3n) is 4.16. The molecule has 0 saturated carbocycles. The minimum absolute atomic E-state index is 0.0262. The summed E-state index contributed by atoms with van der Waals surface area (Å²) in [6.07, 6.45) is -0.296. The van der Waals surface area contributed by atoms with Gasteiger partial charge in [-0.3, -0.25) is 4.79 Å². The fourth-order valence-electron chi connectivity index (χ4n) is 3.05. The first-order valence-corrected chi connectivity index (χ1v) is 8.76. The van der Waals surface area contributed by atoms with E-state index in [0.717, 1.165) is 16.9 Å². The molecular formula is C21H24N2O3. The van der Waals surface area contributed by atoms with E-state index in [1.807, 2.05) is 54.6 Å². The van der Waals surface area contributed by atoms with Crippen LogP contribution in [0, 0.1) is 0 Å². The summed E-state index contributed by atoms with van der Waals surface area (Å²) in [7, 11) is 0. The number of hydrogen-bond donors (Lipinski definition) is 1. The summed E-state index contributed by atoms with van der Waals surface area (Å²) in [5, 5.41) is 2.75. The summed E-state index contributed by atoms with van der Waals surface area (Å²) in [5.74, 6) is -0.0262. The molecule has 0 aromatic heterocycles. The zero-order valence-electron chi connectivity index (χ0n) is 15.4. The predicted octanol–water partition coefficient (Wildman–Crippen LogP) is 3.84. The normalized spacial score (nSPS) is 17.3. The number of rotatable bonds is 2. The van der Waals surface area contributed by atoms with Crippen LogP contribution >= 0.6 is 0 Å². The average Bonchev–Trinajstić information content (AvgIpc) is 2.71. The molecule has 1 aliphatic rings. The lowest BCUT2D eigenvalue weighted by Gasteiger charge is -2.28. The first kappa shape index (κ1) is 18.0. The van der Waals surface area contributed by atoms with Crippen LogP contribution < -0.4 is 10.2 Å². The van der Waals surface area contributed by atoms with E-state index in [-0.39, 0.29) is 12.2 Å². The summed E-state index contributed by atoms with van der Waals surface area (Å²) in [4.78, 5) is 27.0. The number of benzene rings is 2. The van der Waals surface area contributed by atoms with Gasteiger partial charge < -0.3 is 15.0 Å². The van der Waals surface area contributed by atoms with Crippen molar-refractivity contribution < 1.29 is 14.3 Å². The fraction of sp³-hybridized carbons (Fsp3) is 0.333. The molecule has 2 aromatic carbocycles. The van der Waals surface area contributed by atoms with Crippen molar-refractivity contribution in [2.75, 3.05) is 11.4 Å². The maximum atomic E-state index is 12.8. The van der Waals surface area contributed by atoms with Crippen molar-refractivity contribution in [2.45, 2.75) is 38.8 Å². The number of amides is 1. The predicted molar refractivity (Wildman–Crippen MR) is 102 cm³/mol. The van der Waals surface area contributed by atoms with Crippen LogP contribution in [0.25, 0.3) is 0 Å². The Kier molecular flexibility index (Phi) is 4.98. The van der Waals surface area contributed by atoms with E-state index in [4.69, 9.17) is 4.74 Å². The van der Waals surface area contributed by atoms with E-state index < -0.39 is 17.7 Å².